The molecule has 0 atom stereocenters. The molecule has 0 bridgehead atoms. The highest BCUT2D eigenvalue weighted by atomic mass is 79.9. The molecule has 0 radical (unpaired) electrons. The van der Waals surface area contributed by atoms with Crippen LogP contribution >= 0.6 is 43.6 Å². The van der Waals surface area contributed by atoms with Crippen molar-refractivity contribution in [3.63, 3.8) is 0 Å². The highest BCUT2D eigenvalue weighted by molar-refractivity contribution is 9.10. The number of nitrogens with one attached hydrogen (secondary N) is 1. The van der Waals surface area contributed by atoms with Crippen LogP contribution in [0.1, 0.15) is 0 Å². The van der Waals surface area contributed by atoms with Crippen LogP contribution in [0, 0.1) is 5.82 Å². The number of carbonyl (C=O) groups excluding carboxylic acids is 1. The van der Waals surface area contributed by atoms with Gasteiger partial charge in [-0.25, -0.2) is 9.37 Å². The van der Waals surface area contributed by atoms with Crippen LogP contribution in [0.4, 0.5) is 10.1 Å². The highest BCUT2D eigenvalue weighted by Gasteiger charge is 2.15. The molecule has 0 aliphatic rings. The van der Waals surface area contributed by atoms with Gasteiger partial charge in [-0.2, -0.15) is 0 Å². The second-order valence-corrected chi connectivity index (χ2v) is 9.26. The third-order valence-electron chi connectivity index (χ3n) is 4.37. The van der Waals surface area contributed by atoms with Crippen molar-refractivity contribution < 1.29 is 9.18 Å². The SMILES string of the molecule is O=C(CSc1nc2ccccc2c(=O)n1-c1ccc(Br)cc1)Nc1ccc(Br)cc1F. The predicted molar refractivity (Wildman–Crippen MR) is 128 cm³/mol. The Morgan fingerprint density at radius 2 is 1.74 bits per heavy atom. The number of benzene rings is 3. The molecule has 31 heavy (non-hydrogen) atoms. The first-order valence-electron chi connectivity index (χ1n) is 9.08. The lowest BCUT2D eigenvalue weighted by atomic mass is 10.2. The van der Waals surface area contributed by atoms with E-state index in [2.05, 4.69) is 42.2 Å². The quantitative estimate of drug-likeness (QED) is 0.247. The molecular weight excluding hydrogens is 549 g/mol. The zero-order chi connectivity index (χ0) is 22.0. The van der Waals surface area contributed by atoms with E-state index in [0.717, 1.165) is 16.2 Å². The third-order valence-corrected chi connectivity index (χ3v) is 6.33. The maximum atomic E-state index is 14.0. The number of amides is 1. The number of hydrogen-bond acceptors (Lipinski definition) is 4. The molecule has 0 spiro atoms. The Morgan fingerprint density at radius 1 is 1.03 bits per heavy atom. The second-order valence-electron chi connectivity index (χ2n) is 6.49. The van der Waals surface area contributed by atoms with Gasteiger partial charge in [-0.15, -0.1) is 0 Å². The molecule has 4 aromatic rings. The van der Waals surface area contributed by atoms with Gasteiger partial charge in [0.05, 0.1) is 28.0 Å². The van der Waals surface area contributed by atoms with Gasteiger partial charge in [0.2, 0.25) is 5.91 Å². The van der Waals surface area contributed by atoms with Crippen molar-refractivity contribution in [1.82, 2.24) is 9.55 Å². The smallest absolute Gasteiger partial charge is 0.266 e. The van der Waals surface area contributed by atoms with Gasteiger partial charge < -0.3 is 5.32 Å². The van der Waals surface area contributed by atoms with Gasteiger partial charge in [0.25, 0.3) is 5.56 Å². The summed E-state index contributed by atoms with van der Waals surface area (Å²) < 4.78 is 16.9. The van der Waals surface area contributed by atoms with Gasteiger partial charge in [-0.1, -0.05) is 55.8 Å². The molecule has 0 saturated carbocycles. The fourth-order valence-corrected chi connectivity index (χ4v) is 4.34. The number of halogens is 3. The fourth-order valence-electron chi connectivity index (χ4n) is 2.93. The van der Waals surface area contributed by atoms with E-state index in [1.165, 1.54) is 16.7 Å². The molecular formula is C22H14Br2FN3O2S. The standard InChI is InChI=1S/C22H14Br2FN3O2S/c23-13-5-8-15(9-6-13)28-21(30)16-3-1-2-4-18(16)27-22(28)31-12-20(29)26-19-10-7-14(24)11-17(19)25/h1-11H,12H2,(H,26,29). The Labute approximate surface area is 198 Å². The lowest BCUT2D eigenvalue weighted by Gasteiger charge is -2.13. The Balaban J connectivity index is 1.66. The fraction of sp³-hybridized carbons (Fsp3) is 0.0455. The number of anilines is 1. The zero-order valence-electron chi connectivity index (χ0n) is 15.8. The summed E-state index contributed by atoms with van der Waals surface area (Å²) >= 11 is 7.68. The Bertz CT molecular complexity index is 1340. The number of aromatic nitrogens is 2. The molecule has 1 heterocycles. The molecule has 1 aromatic heterocycles. The van der Waals surface area contributed by atoms with Crippen LogP contribution in [-0.4, -0.2) is 21.2 Å². The van der Waals surface area contributed by atoms with E-state index in [1.807, 2.05) is 12.1 Å². The van der Waals surface area contributed by atoms with Crippen LogP contribution in [0.2, 0.25) is 0 Å². The van der Waals surface area contributed by atoms with Crippen LogP contribution < -0.4 is 10.9 Å². The van der Waals surface area contributed by atoms with Crippen LogP contribution in [-0.2, 0) is 4.79 Å². The predicted octanol–water partition coefficient (Wildman–Crippen LogP) is 5.78. The summed E-state index contributed by atoms with van der Waals surface area (Å²) in [5, 5.41) is 3.40. The first-order chi connectivity index (χ1) is 14.9. The van der Waals surface area contributed by atoms with Crippen LogP contribution in [0.15, 0.2) is 85.6 Å². The lowest BCUT2D eigenvalue weighted by Crippen LogP contribution is -2.23. The number of nitrogens with zero attached hydrogens (tertiary/aromatic N) is 2. The number of rotatable bonds is 5. The summed E-state index contributed by atoms with van der Waals surface area (Å²) in [4.78, 5) is 30.2. The van der Waals surface area contributed by atoms with E-state index in [-0.39, 0.29) is 17.0 Å². The molecule has 5 nitrogen and oxygen atoms in total. The molecule has 3 aromatic carbocycles. The molecule has 156 valence electrons. The second kappa shape index (κ2) is 9.33. The summed E-state index contributed by atoms with van der Waals surface area (Å²) in [6, 6.07) is 18.7. The topological polar surface area (TPSA) is 64.0 Å². The van der Waals surface area contributed by atoms with Gasteiger partial charge in [0.1, 0.15) is 5.82 Å². The number of hydrogen-bond donors (Lipinski definition) is 1. The number of para-hydroxylation sites is 1. The molecule has 1 amide bonds. The molecule has 0 saturated heterocycles. The van der Waals surface area contributed by atoms with Crippen molar-refractivity contribution in [1.29, 1.82) is 0 Å². The van der Waals surface area contributed by atoms with Gasteiger partial charge in [0.15, 0.2) is 5.16 Å². The van der Waals surface area contributed by atoms with Crippen molar-refractivity contribution >= 4 is 66.1 Å². The largest absolute Gasteiger partial charge is 0.323 e. The van der Waals surface area contributed by atoms with Gasteiger partial charge >= 0.3 is 0 Å². The molecule has 0 aliphatic heterocycles. The van der Waals surface area contributed by atoms with Crippen molar-refractivity contribution in [2.24, 2.45) is 0 Å². The first-order valence-corrected chi connectivity index (χ1v) is 11.6. The van der Waals surface area contributed by atoms with Crippen LogP contribution in [0.25, 0.3) is 16.6 Å². The summed E-state index contributed by atoms with van der Waals surface area (Å²) in [7, 11) is 0. The highest BCUT2D eigenvalue weighted by Crippen LogP contribution is 2.24. The van der Waals surface area contributed by atoms with Crippen molar-refractivity contribution in [2.45, 2.75) is 5.16 Å². The minimum atomic E-state index is -0.539. The van der Waals surface area contributed by atoms with Crippen molar-refractivity contribution in [3.05, 3.63) is 91.8 Å². The molecule has 1 N–H and O–H groups in total. The first kappa shape index (κ1) is 21.7. The maximum Gasteiger partial charge on any atom is 0.266 e. The van der Waals surface area contributed by atoms with Gasteiger partial charge in [0, 0.05) is 8.95 Å². The van der Waals surface area contributed by atoms with E-state index in [9.17, 15) is 14.0 Å². The van der Waals surface area contributed by atoms with E-state index in [0.29, 0.717) is 26.2 Å². The Kier molecular flexibility index (Phi) is 6.54. The Hall–Kier alpha value is -2.49. The lowest BCUT2D eigenvalue weighted by molar-refractivity contribution is -0.113. The van der Waals surface area contributed by atoms with E-state index < -0.39 is 11.7 Å². The zero-order valence-corrected chi connectivity index (χ0v) is 19.8. The number of carbonyl (C=O) groups is 1. The van der Waals surface area contributed by atoms with Crippen molar-refractivity contribution in [2.75, 3.05) is 11.1 Å². The average molecular weight is 563 g/mol. The normalized spacial score (nSPS) is 10.9. The average Bonchev–Trinajstić information content (AvgIpc) is 2.75. The monoisotopic (exact) mass is 561 g/mol. The molecule has 0 aliphatic carbocycles. The minimum Gasteiger partial charge on any atom is -0.323 e. The molecule has 4 rings (SSSR count). The van der Waals surface area contributed by atoms with Crippen molar-refractivity contribution in [3.8, 4) is 5.69 Å². The summed E-state index contributed by atoms with van der Waals surface area (Å²) in [6.45, 7) is 0. The number of thioether (sulfide) groups is 1. The summed E-state index contributed by atoms with van der Waals surface area (Å²) in [6.07, 6.45) is 0. The summed E-state index contributed by atoms with van der Waals surface area (Å²) in [5.41, 5.74) is 1.04. The Morgan fingerprint density at radius 3 is 2.48 bits per heavy atom. The molecule has 0 fully saturated rings. The van der Waals surface area contributed by atoms with Crippen LogP contribution in [0.3, 0.4) is 0 Å². The molecule has 0 unspecified atom stereocenters. The minimum absolute atomic E-state index is 0.0448. The van der Waals surface area contributed by atoms with E-state index in [1.54, 1.807) is 42.5 Å². The molecule has 9 heteroatoms. The van der Waals surface area contributed by atoms with Crippen LogP contribution in [0.5, 0.6) is 0 Å². The number of fused-ring (bicyclic) bond motifs is 1. The van der Waals surface area contributed by atoms with Gasteiger partial charge in [-0.3, -0.25) is 14.2 Å². The van der Waals surface area contributed by atoms with E-state index in [4.69, 9.17) is 0 Å². The van der Waals surface area contributed by atoms with E-state index >= 15 is 0 Å². The van der Waals surface area contributed by atoms with Gasteiger partial charge in [-0.05, 0) is 54.6 Å². The summed E-state index contributed by atoms with van der Waals surface area (Å²) in [5.74, 6) is -0.990. The maximum absolute atomic E-state index is 14.0. The third kappa shape index (κ3) is 4.89.